The van der Waals surface area contributed by atoms with Crippen molar-refractivity contribution >= 4 is 13.2 Å². The summed E-state index contributed by atoms with van der Waals surface area (Å²) < 4.78 is 11.8. The normalized spacial score (nSPS) is 21.7. The van der Waals surface area contributed by atoms with Gasteiger partial charge in [-0.25, -0.2) is 0 Å². The van der Waals surface area contributed by atoms with E-state index in [0.717, 1.165) is 11.3 Å². The van der Waals surface area contributed by atoms with Crippen LogP contribution in [0.3, 0.4) is 0 Å². The van der Waals surface area contributed by atoms with E-state index in [0.29, 0.717) is 0 Å². The molecule has 21 heavy (non-hydrogen) atoms. The van der Waals surface area contributed by atoms with E-state index < -0.39 is 0 Å². The van der Waals surface area contributed by atoms with Crippen LogP contribution in [0.25, 0.3) is 6.08 Å². The van der Waals surface area contributed by atoms with E-state index >= 15 is 0 Å². The van der Waals surface area contributed by atoms with E-state index in [2.05, 4.69) is 11.6 Å². The summed E-state index contributed by atoms with van der Waals surface area (Å²) in [4.78, 5) is 4.36. The van der Waals surface area contributed by atoms with Crippen molar-refractivity contribution in [3.63, 3.8) is 0 Å². The summed E-state index contributed by atoms with van der Waals surface area (Å²) in [5, 5.41) is 0. The van der Waals surface area contributed by atoms with Crippen molar-refractivity contribution in [3.05, 3.63) is 48.2 Å². The van der Waals surface area contributed by atoms with Crippen molar-refractivity contribution in [2.75, 3.05) is 0 Å². The molecule has 0 bridgehead atoms. The van der Waals surface area contributed by atoms with Gasteiger partial charge in [0.15, 0.2) is 0 Å². The summed E-state index contributed by atoms with van der Waals surface area (Å²) in [6.45, 7) is 11.8. The van der Waals surface area contributed by atoms with Gasteiger partial charge < -0.3 is 15.0 Å². The third kappa shape index (κ3) is 3.26. The molecule has 1 aliphatic rings. The van der Waals surface area contributed by atoms with E-state index in [1.165, 1.54) is 0 Å². The molecule has 1 aromatic heterocycles. The molecule has 5 heteroatoms. The first-order valence-corrected chi connectivity index (χ1v) is 7.14. The molecule has 0 aromatic carbocycles. The van der Waals surface area contributed by atoms with Gasteiger partial charge in [-0.1, -0.05) is 18.1 Å². The fraction of sp³-hybridized carbons (Fsp3) is 0.438. The predicted molar refractivity (Wildman–Crippen MR) is 86.5 cm³/mol. The van der Waals surface area contributed by atoms with E-state index in [4.69, 9.17) is 15.0 Å². The Balaban J connectivity index is 2.18. The molecule has 1 aromatic rings. The van der Waals surface area contributed by atoms with Gasteiger partial charge in [0.25, 0.3) is 0 Å². The van der Waals surface area contributed by atoms with Gasteiger partial charge in [0.1, 0.15) is 0 Å². The number of hydrogen-bond donors (Lipinski definition) is 1. The lowest BCUT2D eigenvalue weighted by Gasteiger charge is -2.32. The van der Waals surface area contributed by atoms with Crippen molar-refractivity contribution in [2.45, 2.75) is 44.9 Å². The maximum absolute atomic E-state index is 6.01. The van der Waals surface area contributed by atoms with Crippen LogP contribution in [-0.4, -0.2) is 23.3 Å². The van der Waals surface area contributed by atoms with Gasteiger partial charge in [0, 0.05) is 12.2 Å². The van der Waals surface area contributed by atoms with Crippen LogP contribution < -0.4 is 5.73 Å². The molecule has 0 saturated carbocycles. The minimum absolute atomic E-state index is 0.239. The Bertz CT molecular complexity index is 539. The molecule has 0 unspecified atom stereocenters. The van der Waals surface area contributed by atoms with Gasteiger partial charge in [-0.05, 0) is 45.4 Å². The number of rotatable bonds is 4. The summed E-state index contributed by atoms with van der Waals surface area (Å²) in [5.41, 5.74) is 7.06. The Hall–Kier alpha value is -1.43. The number of aromatic nitrogens is 1. The van der Waals surface area contributed by atoms with E-state index in [1.54, 1.807) is 12.3 Å². The monoisotopic (exact) mass is 286 g/mol. The highest BCUT2D eigenvalue weighted by atomic mass is 16.7. The summed E-state index contributed by atoms with van der Waals surface area (Å²) >= 11 is 0. The molecule has 2 heterocycles. The van der Waals surface area contributed by atoms with Gasteiger partial charge in [0.05, 0.1) is 16.9 Å². The van der Waals surface area contributed by atoms with Crippen molar-refractivity contribution < 1.29 is 9.31 Å². The molecule has 4 nitrogen and oxygen atoms in total. The van der Waals surface area contributed by atoms with Crippen molar-refractivity contribution in [1.82, 2.24) is 4.98 Å². The highest BCUT2D eigenvalue weighted by Crippen LogP contribution is 2.37. The second-order valence-electron chi connectivity index (χ2n) is 6.22. The Morgan fingerprint density at radius 3 is 2.48 bits per heavy atom. The van der Waals surface area contributed by atoms with Crippen LogP contribution in [-0.2, 0) is 9.31 Å². The van der Waals surface area contributed by atoms with Crippen LogP contribution in [0.15, 0.2) is 37.0 Å². The number of nitrogens with two attached hydrogens (primary N) is 1. The maximum Gasteiger partial charge on any atom is 0.487 e. The first-order chi connectivity index (χ1) is 9.77. The first-order valence-electron chi connectivity index (χ1n) is 7.14. The minimum atomic E-state index is -0.384. The molecular formula is C16H23BN2O2. The number of nitrogens with zero attached hydrogens (tertiary/aromatic N) is 1. The van der Waals surface area contributed by atoms with Crippen LogP contribution in [0, 0.1) is 0 Å². The Kier molecular flexibility index (Phi) is 4.37. The third-order valence-corrected chi connectivity index (χ3v) is 4.17. The summed E-state index contributed by atoms with van der Waals surface area (Å²) in [5.74, 6) is 1.87. The summed E-state index contributed by atoms with van der Waals surface area (Å²) in [7, 11) is -0.384. The zero-order valence-corrected chi connectivity index (χ0v) is 13.2. The van der Waals surface area contributed by atoms with Gasteiger partial charge in [-0.2, -0.15) is 0 Å². The molecule has 2 N–H and O–H groups in total. The van der Waals surface area contributed by atoms with Crippen molar-refractivity contribution in [2.24, 2.45) is 5.73 Å². The highest BCUT2D eigenvalue weighted by Gasteiger charge is 2.50. The molecule has 0 aliphatic carbocycles. The van der Waals surface area contributed by atoms with E-state index in [-0.39, 0.29) is 24.4 Å². The van der Waals surface area contributed by atoms with Gasteiger partial charge in [-0.15, -0.1) is 6.58 Å². The van der Waals surface area contributed by atoms with E-state index in [1.807, 2.05) is 51.9 Å². The first kappa shape index (κ1) is 16.0. The van der Waals surface area contributed by atoms with Crippen LogP contribution in [0.5, 0.6) is 0 Å². The van der Waals surface area contributed by atoms with Gasteiger partial charge in [-0.3, -0.25) is 4.98 Å². The minimum Gasteiger partial charge on any atom is -0.400 e. The van der Waals surface area contributed by atoms with Crippen LogP contribution in [0.1, 0.15) is 45.0 Å². The molecule has 1 aliphatic heterocycles. The van der Waals surface area contributed by atoms with Crippen LogP contribution in [0.4, 0.5) is 0 Å². The molecule has 1 fully saturated rings. The largest absolute Gasteiger partial charge is 0.487 e. The zero-order chi connectivity index (χ0) is 15.7. The average molecular weight is 286 g/mol. The molecule has 0 spiro atoms. The third-order valence-electron chi connectivity index (χ3n) is 4.17. The fourth-order valence-corrected chi connectivity index (χ4v) is 2.11. The number of pyridine rings is 1. The summed E-state index contributed by atoms with van der Waals surface area (Å²) in [6, 6.07) is 3.57. The zero-order valence-electron chi connectivity index (χ0n) is 13.2. The van der Waals surface area contributed by atoms with Crippen molar-refractivity contribution in [1.29, 1.82) is 0 Å². The lowest BCUT2D eigenvalue weighted by molar-refractivity contribution is 0.00578. The Morgan fingerprint density at radius 1 is 1.29 bits per heavy atom. The van der Waals surface area contributed by atoms with Crippen LogP contribution >= 0.6 is 0 Å². The molecular weight excluding hydrogens is 263 g/mol. The molecule has 0 amide bonds. The average Bonchev–Trinajstić information content (AvgIpc) is 2.64. The lowest BCUT2D eigenvalue weighted by Crippen LogP contribution is -2.41. The lowest BCUT2D eigenvalue weighted by atomic mass is 9.89. The number of hydrogen-bond acceptors (Lipinski definition) is 4. The van der Waals surface area contributed by atoms with Crippen LogP contribution in [0.2, 0.25) is 0 Å². The molecule has 1 saturated heterocycles. The fourth-order valence-electron chi connectivity index (χ4n) is 2.11. The smallest absolute Gasteiger partial charge is 0.400 e. The van der Waals surface area contributed by atoms with Gasteiger partial charge >= 0.3 is 7.12 Å². The Morgan fingerprint density at radius 2 is 1.90 bits per heavy atom. The maximum atomic E-state index is 6.01. The Labute approximate surface area is 127 Å². The van der Waals surface area contributed by atoms with Crippen molar-refractivity contribution in [3.8, 4) is 0 Å². The van der Waals surface area contributed by atoms with Gasteiger partial charge in [0.2, 0.25) is 0 Å². The SMILES string of the molecule is C=C[C@H](N)c1cccnc1/C=C/B1OC(C)(C)C(C)(C)O1. The molecule has 112 valence electrons. The topological polar surface area (TPSA) is 57.4 Å². The molecule has 0 radical (unpaired) electrons. The quantitative estimate of drug-likeness (QED) is 0.683. The second kappa shape index (κ2) is 5.75. The molecule has 1 atom stereocenters. The standard InChI is InChI=1S/C16H23BN2O2/c1-6-13(18)12-8-7-11-19-14(12)9-10-17-20-15(2,3)16(4,5)21-17/h6-11,13H,1,18H2,2-5H3/b10-9+/t13-/m0/s1. The predicted octanol–water partition coefficient (Wildman–Crippen LogP) is 2.91. The summed E-state index contributed by atoms with van der Waals surface area (Å²) in [6.07, 6.45) is 5.33. The second-order valence-corrected chi connectivity index (χ2v) is 6.22. The van der Waals surface area contributed by atoms with E-state index in [9.17, 15) is 0 Å². The highest BCUT2D eigenvalue weighted by molar-refractivity contribution is 6.52. The molecule has 2 rings (SSSR count).